The van der Waals surface area contributed by atoms with E-state index in [0.29, 0.717) is 12.1 Å². The quantitative estimate of drug-likeness (QED) is 0.588. The van der Waals surface area contributed by atoms with Gasteiger partial charge in [0.25, 0.3) is 0 Å². The van der Waals surface area contributed by atoms with Crippen molar-refractivity contribution in [3.63, 3.8) is 0 Å². The Bertz CT molecular complexity index is 556. The molecule has 0 saturated carbocycles. The third-order valence-corrected chi connectivity index (χ3v) is 3.48. The van der Waals surface area contributed by atoms with Crippen LogP contribution in [-0.2, 0) is 23.0 Å². The smallest absolute Gasteiger partial charge is 0.334 e. The van der Waals surface area contributed by atoms with Gasteiger partial charge in [0.15, 0.2) is 0 Å². The molecule has 1 saturated heterocycles. The average molecular weight is 298 g/mol. The summed E-state index contributed by atoms with van der Waals surface area (Å²) in [5.74, 6) is -1.48. The fourth-order valence-electron chi connectivity index (χ4n) is 2.44. The molecule has 1 aliphatic heterocycles. The summed E-state index contributed by atoms with van der Waals surface area (Å²) in [7, 11) is 1.60. The van der Waals surface area contributed by atoms with Crippen LogP contribution < -0.4 is 5.32 Å². The molecule has 2 heterocycles. The molecule has 0 radical (unpaired) electrons. The van der Waals surface area contributed by atoms with Crippen molar-refractivity contribution in [3.05, 3.63) is 15.8 Å². The normalized spacial score (nSPS) is 21.4. The molecular weight excluding hydrogens is 280 g/mol. The molecule has 116 valence electrons. The monoisotopic (exact) mass is 298 g/mol. The van der Waals surface area contributed by atoms with Crippen LogP contribution in [0.5, 0.6) is 0 Å². The van der Waals surface area contributed by atoms with Crippen LogP contribution in [0.15, 0.2) is 0 Å². The first kappa shape index (κ1) is 15.2. The van der Waals surface area contributed by atoms with Crippen molar-refractivity contribution in [1.29, 1.82) is 0 Å². The first-order valence-corrected chi connectivity index (χ1v) is 6.73. The molecule has 2 unspecified atom stereocenters. The van der Waals surface area contributed by atoms with E-state index >= 15 is 0 Å². The minimum absolute atomic E-state index is 0.0876. The lowest BCUT2D eigenvalue weighted by atomic mass is 10.0. The van der Waals surface area contributed by atoms with Crippen LogP contribution in [-0.4, -0.2) is 45.0 Å². The topological polar surface area (TPSA) is 120 Å². The van der Waals surface area contributed by atoms with Crippen LogP contribution in [0.4, 0.5) is 11.5 Å². The van der Waals surface area contributed by atoms with Crippen LogP contribution in [0.2, 0.25) is 0 Å². The van der Waals surface area contributed by atoms with Gasteiger partial charge >= 0.3 is 11.7 Å². The van der Waals surface area contributed by atoms with Gasteiger partial charge in [0.1, 0.15) is 11.6 Å². The first-order chi connectivity index (χ1) is 9.95. The number of nitrogens with zero attached hydrogens (tertiary/aromatic N) is 3. The molecule has 21 heavy (non-hydrogen) atoms. The van der Waals surface area contributed by atoms with Crippen molar-refractivity contribution in [2.45, 2.75) is 25.8 Å². The predicted molar refractivity (Wildman–Crippen MR) is 73.2 cm³/mol. The van der Waals surface area contributed by atoms with E-state index < -0.39 is 22.9 Å². The van der Waals surface area contributed by atoms with E-state index in [1.165, 1.54) is 4.68 Å². The Morgan fingerprint density at radius 3 is 2.90 bits per heavy atom. The molecule has 0 aliphatic carbocycles. The summed E-state index contributed by atoms with van der Waals surface area (Å²) < 4.78 is 6.54. The third-order valence-electron chi connectivity index (χ3n) is 3.48. The van der Waals surface area contributed by atoms with Crippen LogP contribution in [0, 0.1) is 16.0 Å². The zero-order valence-electron chi connectivity index (χ0n) is 11.9. The van der Waals surface area contributed by atoms with Crippen molar-refractivity contribution in [3.8, 4) is 0 Å². The lowest BCUT2D eigenvalue weighted by Crippen LogP contribution is -2.34. The number of carbonyl (C=O) groups is 1. The zero-order valence-corrected chi connectivity index (χ0v) is 11.9. The standard InChI is InChI=1S/C12H18N4O5/c1-3-4-8-10(16(19)20)11(15(2)14-8)13-9-6-21-5-7(9)12(17)18/h7,9,13H,3-6H2,1-2H3,(H,17,18). The van der Waals surface area contributed by atoms with Crippen LogP contribution in [0.1, 0.15) is 19.0 Å². The Hall–Kier alpha value is -2.16. The molecule has 2 rings (SSSR count). The lowest BCUT2D eigenvalue weighted by molar-refractivity contribution is -0.384. The van der Waals surface area contributed by atoms with E-state index in [-0.39, 0.29) is 24.7 Å². The number of hydrogen-bond acceptors (Lipinski definition) is 6. The number of hydrogen-bond donors (Lipinski definition) is 2. The second kappa shape index (κ2) is 6.08. The molecule has 0 spiro atoms. The van der Waals surface area contributed by atoms with Crippen molar-refractivity contribution in [2.75, 3.05) is 18.5 Å². The zero-order chi connectivity index (χ0) is 15.6. The molecule has 2 atom stereocenters. The van der Waals surface area contributed by atoms with Gasteiger partial charge in [-0.25, -0.2) is 4.68 Å². The largest absolute Gasteiger partial charge is 0.481 e. The molecule has 1 aliphatic rings. The molecule has 9 heteroatoms. The number of carboxylic acids is 1. The van der Waals surface area contributed by atoms with E-state index in [9.17, 15) is 14.9 Å². The molecular formula is C12H18N4O5. The highest BCUT2D eigenvalue weighted by atomic mass is 16.6. The minimum atomic E-state index is -0.983. The highest BCUT2D eigenvalue weighted by molar-refractivity contribution is 5.73. The first-order valence-electron chi connectivity index (χ1n) is 6.73. The maximum atomic E-state index is 11.3. The van der Waals surface area contributed by atoms with Gasteiger partial charge in [-0.05, 0) is 6.42 Å². The number of rotatable bonds is 6. The molecule has 1 aromatic heterocycles. The molecule has 0 amide bonds. The van der Waals surface area contributed by atoms with Gasteiger partial charge in [-0.1, -0.05) is 13.3 Å². The maximum absolute atomic E-state index is 11.3. The predicted octanol–water partition coefficient (Wildman–Crippen LogP) is 0.792. The summed E-state index contributed by atoms with van der Waals surface area (Å²) in [5, 5.41) is 27.5. The number of ether oxygens (including phenoxy) is 1. The second-order valence-corrected chi connectivity index (χ2v) is 5.01. The molecule has 2 N–H and O–H groups in total. The van der Waals surface area contributed by atoms with Gasteiger partial charge in [-0.2, -0.15) is 5.10 Å². The van der Waals surface area contributed by atoms with Crippen molar-refractivity contribution < 1.29 is 19.6 Å². The summed E-state index contributed by atoms with van der Waals surface area (Å²) in [5.41, 5.74) is 0.314. The van der Waals surface area contributed by atoms with E-state index in [1.807, 2.05) is 6.92 Å². The Morgan fingerprint density at radius 2 is 2.33 bits per heavy atom. The van der Waals surface area contributed by atoms with E-state index in [1.54, 1.807) is 7.05 Å². The fraction of sp³-hybridized carbons (Fsp3) is 0.667. The minimum Gasteiger partial charge on any atom is -0.481 e. The van der Waals surface area contributed by atoms with Crippen LogP contribution in [0.25, 0.3) is 0 Å². The summed E-state index contributed by atoms with van der Waals surface area (Å²) in [6.45, 7) is 2.21. The lowest BCUT2D eigenvalue weighted by Gasteiger charge is -2.16. The maximum Gasteiger partial charge on any atom is 0.334 e. The number of nitrogens with one attached hydrogen (secondary N) is 1. The number of anilines is 1. The van der Waals surface area contributed by atoms with Crippen molar-refractivity contribution in [1.82, 2.24) is 9.78 Å². The SMILES string of the molecule is CCCc1nn(C)c(NC2COCC2C(=O)O)c1[N+](=O)[O-]. The van der Waals surface area contributed by atoms with E-state index in [2.05, 4.69) is 10.4 Å². The summed E-state index contributed by atoms with van der Waals surface area (Å²) >= 11 is 0. The van der Waals surface area contributed by atoms with Gasteiger partial charge in [0.2, 0.25) is 5.82 Å². The molecule has 1 fully saturated rings. The highest BCUT2D eigenvalue weighted by Crippen LogP contribution is 2.31. The van der Waals surface area contributed by atoms with Gasteiger partial charge in [-0.15, -0.1) is 0 Å². The fourth-order valence-corrected chi connectivity index (χ4v) is 2.44. The van der Waals surface area contributed by atoms with Crippen molar-refractivity contribution in [2.24, 2.45) is 13.0 Å². The van der Waals surface area contributed by atoms with Crippen LogP contribution >= 0.6 is 0 Å². The third kappa shape index (κ3) is 2.97. The van der Waals surface area contributed by atoms with E-state index in [0.717, 1.165) is 6.42 Å². The Balaban J connectivity index is 2.31. The number of nitro groups is 1. The van der Waals surface area contributed by atoms with E-state index in [4.69, 9.17) is 9.84 Å². The van der Waals surface area contributed by atoms with Gasteiger partial charge in [0.05, 0.1) is 24.2 Å². The Kier molecular flexibility index (Phi) is 4.41. The average Bonchev–Trinajstić information content (AvgIpc) is 2.96. The van der Waals surface area contributed by atoms with Gasteiger partial charge in [-0.3, -0.25) is 14.9 Å². The molecule has 0 aromatic carbocycles. The highest BCUT2D eigenvalue weighted by Gasteiger charge is 2.37. The Labute approximate surface area is 121 Å². The molecule has 1 aromatic rings. The molecule has 0 bridgehead atoms. The van der Waals surface area contributed by atoms with Gasteiger partial charge < -0.3 is 15.2 Å². The summed E-state index contributed by atoms with van der Waals surface area (Å²) in [6, 6.07) is -0.508. The van der Waals surface area contributed by atoms with Crippen LogP contribution in [0.3, 0.4) is 0 Å². The number of aromatic nitrogens is 2. The second-order valence-electron chi connectivity index (χ2n) is 5.01. The summed E-state index contributed by atoms with van der Waals surface area (Å²) in [6.07, 6.45) is 1.23. The Morgan fingerprint density at radius 1 is 1.62 bits per heavy atom. The van der Waals surface area contributed by atoms with Gasteiger partial charge in [0, 0.05) is 7.05 Å². The van der Waals surface area contributed by atoms with Crippen molar-refractivity contribution >= 4 is 17.5 Å². The molecule has 9 nitrogen and oxygen atoms in total. The number of aryl methyl sites for hydroxylation is 2. The summed E-state index contributed by atoms with van der Waals surface area (Å²) in [4.78, 5) is 21.9. The number of carboxylic acid groups (broad SMARTS) is 1. The number of aliphatic carboxylic acids is 1.